The fourth-order valence-electron chi connectivity index (χ4n) is 1.65. The second kappa shape index (κ2) is 3.87. The van der Waals surface area contributed by atoms with Gasteiger partial charge in [-0.1, -0.05) is 23.2 Å². The van der Waals surface area contributed by atoms with E-state index >= 15 is 0 Å². The maximum absolute atomic E-state index is 11.1. The van der Waals surface area contributed by atoms with Crippen LogP contribution in [0.5, 0.6) is 0 Å². The van der Waals surface area contributed by atoms with Crippen LogP contribution in [-0.4, -0.2) is 10.8 Å². The Kier molecular flexibility index (Phi) is 2.72. The highest BCUT2D eigenvalue weighted by Gasteiger charge is 2.11. The van der Waals surface area contributed by atoms with Crippen LogP contribution in [0.25, 0.3) is 10.9 Å². The van der Waals surface area contributed by atoms with Crippen LogP contribution in [0, 0.1) is 0 Å². The molecule has 0 saturated carbocycles. The highest BCUT2D eigenvalue weighted by atomic mass is 35.5. The van der Waals surface area contributed by atoms with Crippen LogP contribution in [0.4, 0.5) is 0 Å². The van der Waals surface area contributed by atoms with Crippen LogP contribution < -0.4 is 0 Å². The number of ketones is 1. The highest BCUT2D eigenvalue weighted by Crippen LogP contribution is 2.31. The van der Waals surface area contributed by atoms with Crippen molar-refractivity contribution in [1.82, 2.24) is 4.98 Å². The van der Waals surface area contributed by atoms with E-state index in [1.807, 2.05) is 0 Å². The molecule has 0 spiro atoms. The lowest BCUT2D eigenvalue weighted by molar-refractivity contribution is -0.116. The molecule has 0 aliphatic heterocycles. The van der Waals surface area contributed by atoms with Gasteiger partial charge in [0.15, 0.2) is 0 Å². The largest absolute Gasteiger partial charge is 0.360 e. The molecule has 15 heavy (non-hydrogen) atoms. The van der Waals surface area contributed by atoms with E-state index in [1.165, 1.54) is 0 Å². The monoisotopic (exact) mass is 241 g/mol. The Bertz CT molecular complexity index is 531. The topological polar surface area (TPSA) is 32.9 Å². The molecule has 0 aliphatic rings. The summed E-state index contributed by atoms with van der Waals surface area (Å²) in [7, 11) is 0. The van der Waals surface area contributed by atoms with Gasteiger partial charge in [-0.15, -0.1) is 0 Å². The van der Waals surface area contributed by atoms with Gasteiger partial charge in [-0.05, 0) is 24.6 Å². The molecule has 1 heterocycles. The summed E-state index contributed by atoms with van der Waals surface area (Å²) in [4.78, 5) is 14.1. The first-order chi connectivity index (χ1) is 7.09. The fraction of sp³-hybridized carbons (Fsp3) is 0.182. The summed E-state index contributed by atoms with van der Waals surface area (Å²) >= 11 is 12.1. The molecule has 78 valence electrons. The Labute approximate surface area is 97.2 Å². The quantitative estimate of drug-likeness (QED) is 0.857. The number of halogens is 2. The van der Waals surface area contributed by atoms with Gasteiger partial charge in [0.1, 0.15) is 5.78 Å². The molecule has 2 nitrogen and oxygen atoms in total. The zero-order valence-corrected chi connectivity index (χ0v) is 9.62. The first kappa shape index (κ1) is 10.5. The standard InChI is InChI=1S/C11H9Cl2NO/c1-6(15)4-7-5-14-11-9(13)3-2-8(12)10(7)11/h2-3,5,14H,4H2,1H3. The van der Waals surface area contributed by atoms with Gasteiger partial charge in [-0.3, -0.25) is 4.79 Å². The van der Waals surface area contributed by atoms with E-state index in [4.69, 9.17) is 23.2 Å². The lowest BCUT2D eigenvalue weighted by Crippen LogP contribution is -1.94. The van der Waals surface area contributed by atoms with E-state index in [1.54, 1.807) is 25.3 Å². The summed E-state index contributed by atoms with van der Waals surface area (Å²) in [6.07, 6.45) is 2.16. The van der Waals surface area contributed by atoms with Crippen LogP contribution in [0.2, 0.25) is 10.0 Å². The molecule has 1 aromatic heterocycles. The van der Waals surface area contributed by atoms with Crippen molar-refractivity contribution in [2.75, 3.05) is 0 Å². The molecule has 0 radical (unpaired) electrons. The lowest BCUT2D eigenvalue weighted by atomic mass is 10.1. The van der Waals surface area contributed by atoms with Crippen LogP contribution >= 0.6 is 23.2 Å². The zero-order valence-electron chi connectivity index (χ0n) is 8.10. The van der Waals surface area contributed by atoms with E-state index in [2.05, 4.69) is 4.98 Å². The average Bonchev–Trinajstić information content (AvgIpc) is 2.56. The predicted octanol–water partition coefficient (Wildman–Crippen LogP) is 3.61. The van der Waals surface area contributed by atoms with Crippen LogP contribution in [0.3, 0.4) is 0 Å². The Morgan fingerprint density at radius 2 is 2.00 bits per heavy atom. The number of aromatic nitrogens is 1. The smallest absolute Gasteiger partial charge is 0.134 e. The molecule has 2 aromatic rings. The van der Waals surface area contributed by atoms with Gasteiger partial charge >= 0.3 is 0 Å². The maximum Gasteiger partial charge on any atom is 0.134 e. The number of hydrogen-bond acceptors (Lipinski definition) is 1. The van der Waals surface area contributed by atoms with Crippen LogP contribution in [-0.2, 0) is 11.2 Å². The molecule has 1 N–H and O–H groups in total. The third-order valence-corrected chi connectivity index (χ3v) is 2.88. The molecule has 2 rings (SSSR count). The number of aromatic amines is 1. The summed E-state index contributed by atoms with van der Waals surface area (Å²) in [6.45, 7) is 1.55. The summed E-state index contributed by atoms with van der Waals surface area (Å²) in [5.74, 6) is 0.104. The first-order valence-electron chi connectivity index (χ1n) is 4.53. The third kappa shape index (κ3) is 1.87. The molecule has 0 atom stereocenters. The molecule has 0 aliphatic carbocycles. The van der Waals surface area contributed by atoms with Crippen molar-refractivity contribution < 1.29 is 4.79 Å². The molecular formula is C11H9Cl2NO. The van der Waals surface area contributed by atoms with Crippen LogP contribution in [0.15, 0.2) is 18.3 Å². The second-order valence-corrected chi connectivity index (χ2v) is 4.29. The number of H-pyrrole nitrogens is 1. The minimum Gasteiger partial charge on any atom is -0.360 e. The first-order valence-corrected chi connectivity index (χ1v) is 5.28. The number of Topliss-reactive ketones (excluding diaryl/α,β-unsaturated/α-hetero) is 1. The minimum absolute atomic E-state index is 0.104. The van der Waals surface area contributed by atoms with Gasteiger partial charge in [0.25, 0.3) is 0 Å². The van der Waals surface area contributed by atoms with Gasteiger partial charge in [-0.2, -0.15) is 0 Å². The molecule has 4 heteroatoms. The van der Waals surface area contributed by atoms with Crippen molar-refractivity contribution in [2.45, 2.75) is 13.3 Å². The number of hydrogen-bond donors (Lipinski definition) is 1. The van der Waals surface area contributed by atoms with Crippen molar-refractivity contribution in [2.24, 2.45) is 0 Å². The second-order valence-electron chi connectivity index (χ2n) is 3.47. The van der Waals surface area contributed by atoms with Gasteiger partial charge in [0.2, 0.25) is 0 Å². The molecule has 0 bridgehead atoms. The van der Waals surface area contributed by atoms with Crippen LogP contribution in [0.1, 0.15) is 12.5 Å². The number of rotatable bonds is 2. The summed E-state index contributed by atoms with van der Waals surface area (Å²) < 4.78 is 0. The Hall–Kier alpha value is -0.990. The number of fused-ring (bicyclic) bond motifs is 1. The molecular weight excluding hydrogens is 233 g/mol. The van der Waals surface area contributed by atoms with Crippen molar-refractivity contribution >= 4 is 39.9 Å². The molecule has 0 saturated heterocycles. The summed E-state index contributed by atoms with van der Waals surface area (Å²) in [6, 6.07) is 3.48. The Balaban J connectivity index is 2.67. The van der Waals surface area contributed by atoms with E-state index < -0.39 is 0 Å². The normalized spacial score (nSPS) is 10.9. The van der Waals surface area contributed by atoms with E-state index in [-0.39, 0.29) is 5.78 Å². The third-order valence-electron chi connectivity index (χ3n) is 2.25. The molecule has 0 fully saturated rings. The molecule has 0 amide bonds. The molecule has 1 aromatic carbocycles. The SMILES string of the molecule is CC(=O)Cc1c[nH]c2c(Cl)ccc(Cl)c12. The highest BCUT2D eigenvalue weighted by molar-refractivity contribution is 6.40. The summed E-state index contributed by atoms with van der Waals surface area (Å²) in [5.41, 5.74) is 1.69. The van der Waals surface area contributed by atoms with Gasteiger partial charge in [-0.25, -0.2) is 0 Å². The Morgan fingerprint density at radius 3 is 2.67 bits per heavy atom. The summed E-state index contributed by atoms with van der Waals surface area (Å²) in [5, 5.41) is 2.08. The fourth-order valence-corrected chi connectivity index (χ4v) is 2.14. The average molecular weight is 242 g/mol. The van der Waals surface area contributed by atoms with Gasteiger partial charge in [0.05, 0.1) is 15.6 Å². The number of carbonyl (C=O) groups excluding carboxylic acids is 1. The molecule has 0 unspecified atom stereocenters. The van der Waals surface area contributed by atoms with E-state index in [0.29, 0.717) is 16.5 Å². The maximum atomic E-state index is 11.1. The van der Waals surface area contributed by atoms with E-state index in [0.717, 1.165) is 16.5 Å². The van der Waals surface area contributed by atoms with Crippen molar-refractivity contribution in [3.63, 3.8) is 0 Å². The zero-order chi connectivity index (χ0) is 11.0. The number of benzene rings is 1. The Morgan fingerprint density at radius 1 is 1.33 bits per heavy atom. The lowest BCUT2D eigenvalue weighted by Gasteiger charge is -1.99. The van der Waals surface area contributed by atoms with Gasteiger partial charge < -0.3 is 4.98 Å². The van der Waals surface area contributed by atoms with Crippen molar-refractivity contribution in [3.05, 3.63) is 33.9 Å². The van der Waals surface area contributed by atoms with Crippen molar-refractivity contribution in [1.29, 1.82) is 0 Å². The van der Waals surface area contributed by atoms with Crippen molar-refractivity contribution in [3.8, 4) is 0 Å². The number of carbonyl (C=O) groups is 1. The van der Waals surface area contributed by atoms with Gasteiger partial charge in [0, 0.05) is 18.0 Å². The number of nitrogens with one attached hydrogen (secondary N) is 1. The predicted molar refractivity (Wildman–Crippen MR) is 62.7 cm³/mol. The minimum atomic E-state index is 0.104. The van der Waals surface area contributed by atoms with E-state index in [9.17, 15) is 4.79 Å².